The van der Waals surface area contributed by atoms with E-state index in [1.807, 2.05) is 0 Å². The van der Waals surface area contributed by atoms with Crippen LogP contribution in [0.25, 0.3) is 0 Å². The second-order valence-electron chi connectivity index (χ2n) is 4.24. The Morgan fingerprint density at radius 1 is 1.29 bits per heavy atom. The highest BCUT2D eigenvalue weighted by atomic mass is 32.2. The lowest BCUT2D eigenvalue weighted by molar-refractivity contribution is -0.188. The SMILES string of the molecule is O=C(O)C(CS(=O)C1CCCCC1)C(F)(F)F. The maximum atomic E-state index is 12.4. The van der Waals surface area contributed by atoms with E-state index in [-0.39, 0.29) is 5.25 Å². The van der Waals surface area contributed by atoms with Crippen molar-refractivity contribution in [1.82, 2.24) is 0 Å². The van der Waals surface area contributed by atoms with Crippen molar-refractivity contribution in [1.29, 1.82) is 0 Å². The lowest BCUT2D eigenvalue weighted by atomic mass is 10.0. The Kier molecular flexibility index (Phi) is 4.97. The van der Waals surface area contributed by atoms with Crippen molar-refractivity contribution >= 4 is 16.8 Å². The smallest absolute Gasteiger partial charge is 0.403 e. The predicted molar refractivity (Wildman–Crippen MR) is 57.1 cm³/mol. The van der Waals surface area contributed by atoms with E-state index >= 15 is 0 Å². The van der Waals surface area contributed by atoms with E-state index in [2.05, 4.69) is 0 Å². The fourth-order valence-corrected chi connectivity index (χ4v) is 3.73. The summed E-state index contributed by atoms with van der Waals surface area (Å²) in [4.78, 5) is 10.5. The highest BCUT2D eigenvalue weighted by molar-refractivity contribution is 7.85. The van der Waals surface area contributed by atoms with Gasteiger partial charge in [-0.3, -0.25) is 9.00 Å². The second-order valence-corrected chi connectivity index (χ2v) is 6.00. The van der Waals surface area contributed by atoms with Crippen molar-refractivity contribution in [2.24, 2.45) is 5.92 Å². The van der Waals surface area contributed by atoms with Gasteiger partial charge in [0.05, 0.1) is 0 Å². The summed E-state index contributed by atoms with van der Waals surface area (Å²) in [7, 11) is -1.70. The van der Waals surface area contributed by atoms with Gasteiger partial charge in [0.2, 0.25) is 0 Å². The molecule has 1 saturated carbocycles. The monoisotopic (exact) mass is 272 g/mol. The van der Waals surface area contributed by atoms with Crippen LogP contribution in [0.1, 0.15) is 32.1 Å². The van der Waals surface area contributed by atoms with Crippen LogP contribution >= 0.6 is 0 Å². The number of alkyl halides is 3. The Labute approximate surface area is 99.8 Å². The van der Waals surface area contributed by atoms with Crippen LogP contribution in [0.2, 0.25) is 0 Å². The minimum atomic E-state index is -4.82. The number of rotatable bonds is 4. The third-order valence-electron chi connectivity index (χ3n) is 2.95. The molecule has 0 saturated heterocycles. The molecule has 0 bridgehead atoms. The third-order valence-corrected chi connectivity index (χ3v) is 4.82. The summed E-state index contributed by atoms with van der Waals surface area (Å²) in [5.74, 6) is -5.27. The van der Waals surface area contributed by atoms with Crippen LogP contribution in [0.15, 0.2) is 0 Å². The van der Waals surface area contributed by atoms with Crippen molar-refractivity contribution in [2.45, 2.75) is 43.5 Å². The molecule has 0 spiro atoms. The maximum Gasteiger partial charge on any atom is 0.403 e. The van der Waals surface area contributed by atoms with E-state index in [9.17, 15) is 22.2 Å². The summed E-state index contributed by atoms with van der Waals surface area (Å²) >= 11 is 0. The zero-order valence-corrected chi connectivity index (χ0v) is 10.0. The molecule has 0 aromatic carbocycles. The molecule has 1 fully saturated rings. The molecule has 1 rings (SSSR count). The molecule has 0 heterocycles. The van der Waals surface area contributed by atoms with Crippen molar-refractivity contribution in [2.75, 3.05) is 5.75 Å². The van der Waals surface area contributed by atoms with E-state index < -0.39 is 34.6 Å². The lowest BCUT2D eigenvalue weighted by Gasteiger charge is -2.23. The molecule has 1 aliphatic rings. The first kappa shape index (κ1) is 14.5. The Balaban J connectivity index is 2.60. The topological polar surface area (TPSA) is 54.4 Å². The van der Waals surface area contributed by atoms with Gasteiger partial charge >= 0.3 is 12.1 Å². The number of hydrogen-bond donors (Lipinski definition) is 1. The highest BCUT2D eigenvalue weighted by Crippen LogP contribution is 2.30. The molecule has 0 aromatic rings. The average Bonchev–Trinajstić information content (AvgIpc) is 2.24. The van der Waals surface area contributed by atoms with Gasteiger partial charge in [-0.2, -0.15) is 13.2 Å². The number of carboxylic acids is 1. The van der Waals surface area contributed by atoms with E-state index in [1.165, 1.54) is 0 Å². The van der Waals surface area contributed by atoms with E-state index in [0.29, 0.717) is 12.8 Å². The molecule has 1 N–H and O–H groups in total. The predicted octanol–water partition coefficient (Wildman–Crippen LogP) is 2.33. The Morgan fingerprint density at radius 2 is 1.82 bits per heavy atom. The summed E-state index contributed by atoms with van der Waals surface area (Å²) in [6.45, 7) is 0. The van der Waals surface area contributed by atoms with Crippen LogP contribution in [0.3, 0.4) is 0 Å². The minimum absolute atomic E-state index is 0.270. The normalized spacial score (nSPS) is 22.1. The van der Waals surface area contributed by atoms with Gasteiger partial charge in [0.15, 0.2) is 5.92 Å². The van der Waals surface area contributed by atoms with Gasteiger partial charge in [0.25, 0.3) is 0 Å². The van der Waals surface area contributed by atoms with Crippen LogP contribution in [0.4, 0.5) is 13.2 Å². The molecule has 2 unspecified atom stereocenters. The molecule has 2 atom stereocenters. The van der Waals surface area contributed by atoms with Gasteiger partial charge in [-0.15, -0.1) is 0 Å². The largest absolute Gasteiger partial charge is 0.481 e. The molecule has 1 aliphatic carbocycles. The molecule has 0 amide bonds. The lowest BCUT2D eigenvalue weighted by Crippen LogP contribution is -2.37. The quantitative estimate of drug-likeness (QED) is 0.854. The molecule has 7 heteroatoms. The van der Waals surface area contributed by atoms with Crippen molar-refractivity contribution in [3.8, 4) is 0 Å². The zero-order chi connectivity index (χ0) is 13.1. The Hall–Kier alpha value is -0.590. The van der Waals surface area contributed by atoms with Crippen LogP contribution in [-0.2, 0) is 15.6 Å². The summed E-state index contributed by atoms with van der Waals surface area (Å²) < 4.78 is 48.9. The fourth-order valence-electron chi connectivity index (χ4n) is 1.93. The minimum Gasteiger partial charge on any atom is -0.481 e. The van der Waals surface area contributed by atoms with Crippen molar-refractivity contribution < 1.29 is 27.3 Å². The van der Waals surface area contributed by atoms with Crippen LogP contribution in [-0.4, -0.2) is 32.5 Å². The van der Waals surface area contributed by atoms with Gasteiger partial charge < -0.3 is 5.11 Å². The van der Waals surface area contributed by atoms with Gasteiger partial charge in [0, 0.05) is 21.8 Å². The van der Waals surface area contributed by atoms with Crippen LogP contribution in [0.5, 0.6) is 0 Å². The number of halogens is 3. The first-order chi connectivity index (χ1) is 7.82. The molecule has 17 heavy (non-hydrogen) atoms. The number of carbonyl (C=O) groups is 1. The standard InChI is InChI=1S/C10H15F3O3S/c11-10(12,13)8(9(14)15)6-17(16)7-4-2-1-3-5-7/h7-8H,1-6H2,(H,14,15). The van der Waals surface area contributed by atoms with E-state index in [4.69, 9.17) is 5.11 Å². The Bertz CT molecular complexity index is 298. The number of aliphatic carboxylic acids is 1. The molecule has 3 nitrogen and oxygen atoms in total. The van der Waals surface area contributed by atoms with E-state index in [1.54, 1.807) is 0 Å². The second kappa shape index (κ2) is 5.84. The number of hydrogen-bond acceptors (Lipinski definition) is 2. The molecule has 100 valence electrons. The van der Waals surface area contributed by atoms with E-state index in [0.717, 1.165) is 19.3 Å². The average molecular weight is 272 g/mol. The fraction of sp³-hybridized carbons (Fsp3) is 0.900. The van der Waals surface area contributed by atoms with Gasteiger partial charge in [-0.1, -0.05) is 19.3 Å². The molecular formula is C10H15F3O3S. The molecular weight excluding hydrogens is 257 g/mol. The Morgan fingerprint density at radius 3 is 2.24 bits per heavy atom. The summed E-state index contributed by atoms with van der Waals surface area (Å²) in [5.41, 5.74) is 0. The van der Waals surface area contributed by atoms with Crippen LogP contribution < -0.4 is 0 Å². The summed E-state index contributed by atoms with van der Waals surface area (Å²) in [6, 6.07) is 0. The number of carboxylic acid groups (broad SMARTS) is 1. The van der Waals surface area contributed by atoms with Crippen molar-refractivity contribution in [3.05, 3.63) is 0 Å². The molecule has 0 aromatic heterocycles. The summed E-state index contributed by atoms with van der Waals surface area (Å²) in [5, 5.41) is 8.23. The van der Waals surface area contributed by atoms with Gasteiger partial charge in [-0.05, 0) is 12.8 Å². The first-order valence-corrected chi connectivity index (χ1v) is 6.87. The highest BCUT2D eigenvalue weighted by Gasteiger charge is 2.46. The molecule has 0 radical (unpaired) electrons. The summed E-state index contributed by atoms with van der Waals surface area (Å²) in [6.07, 6.45) is -0.820. The third kappa shape index (κ3) is 4.29. The molecule has 0 aliphatic heterocycles. The maximum absolute atomic E-state index is 12.4. The van der Waals surface area contributed by atoms with Crippen molar-refractivity contribution in [3.63, 3.8) is 0 Å². The van der Waals surface area contributed by atoms with Crippen LogP contribution in [0, 0.1) is 5.92 Å². The van der Waals surface area contributed by atoms with Gasteiger partial charge in [-0.25, -0.2) is 0 Å². The zero-order valence-electron chi connectivity index (χ0n) is 9.20. The van der Waals surface area contributed by atoms with Gasteiger partial charge in [0.1, 0.15) is 0 Å². The first-order valence-electron chi connectivity index (χ1n) is 5.49.